The number of aryl methyl sites for hydroxylation is 1. The molecule has 0 spiro atoms. The summed E-state index contributed by atoms with van der Waals surface area (Å²) in [6.07, 6.45) is 0. The highest BCUT2D eigenvalue weighted by molar-refractivity contribution is 14.1. The minimum absolute atomic E-state index is 0.0589. The SMILES string of the molecule is COC(=O)C(C)CSCC(=O)Nc1ccc(I)cc1C. The van der Waals surface area contributed by atoms with E-state index in [1.807, 2.05) is 25.1 Å². The van der Waals surface area contributed by atoms with E-state index < -0.39 is 0 Å². The molecule has 0 saturated carbocycles. The summed E-state index contributed by atoms with van der Waals surface area (Å²) < 4.78 is 5.78. The Morgan fingerprint density at radius 2 is 2.15 bits per heavy atom. The van der Waals surface area contributed by atoms with Crippen LogP contribution in [0.25, 0.3) is 0 Å². The standard InChI is InChI=1S/C14H18INO3S/c1-9-6-11(15)4-5-12(9)16-13(17)8-20-7-10(2)14(18)19-3/h4-6,10H,7-8H2,1-3H3,(H,16,17). The molecule has 0 radical (unpaired) electrons. The molecule has 0 bridgehead atoms. The first kappa shape index (κ1) is 17.3. The number of methoxy groups -OCH3 is 1. The highest BCUT2D eigenvalue weighted by atomic mass is 127. The number of benzene rings is 1. The van der Waals surface area contributed by atoms with Gasteiger partial charge in [0.05, 0.1) is 18.8 Å². The van der Waals surface area contributed by atoms with Crippen LogP contribution in [0.3, 0.4) is 0 Å². The molecule has 1 aromatic carbocycles. The number of hydrogen-bond acceptors (Lipinski definition) is 4. The molecule has 110 valence electrons. The Morgan fingerprint density at radius 1 is 1.45 bits per heavy atom. The average Bonchev–Trinajstić information content (AvgIpc) is 2.41. The second-order valence-electron chi connectivity index (χ2n) is 4.45. The molecule has 1 aromatic rings. The second-order valence-corrected chi connectivity index (χ2v) is 6.72. The predicted octanol–water partition coefficient (Wildman–Crippen LogP) is 3.08. The van der Waals surface area contributed by atoms with Crippen LogP contribution in [0.5, 0.6) is 0 Å². The van der Waals surface area contributed by atoms with E-state index in [0.717, 1.165) is 14.8 Å². The molecule has 1 N–H and O–H groups in total. The number of rotatable bonds is 6. The van der Waals surface area contributed by atoms with Gasteiger partial charge in [0, 0.05) is 15.0 Å². The summed E-state index contributed by atoms with van der Waals surface area (Å²) in [5.41, 5.74) is 1.87. The number of hydrogen-bond donors (Lipinski definition) is 1. The zero-order chi connectivity index (χ0) is 15.1. The van der Waals surface area contributed by atoms with E-state index in [1.165, 1.54) is 18.9 Å². The average molecular weight is 407 g/mol. The van der Waals surface area contributed by atoms with Crippen LogP contribution in [0, 0.1) is 16.4 Å². The first-order valence-corrected chi connectivity index (χ1v) is 8.39. The number of esters is 1. The summed E-state index contributed by atoms with van der Waals surface area (Å²) in [4.78, 5) is 23.0. The maximum Gasteiger partial charge on any atom is 0.309 e. The van der Waals surface area contributed by atoms with Crippen molar-refractivity contribution in [1.29, 1.82) is 0 Å². The molecule has 0 fully saturated rings. The Balaban J connectivity index is 2.39. The summed E-state index contributed by atoms with van der Waals surface area (Å²) in [6, 6.07) is 5.87. The Bertz CT molecular complexity index is 493. The van der Waals surface area contributed by atoms with E-state index in [4.69, 9.17) is 0 Å². The van der Waals surface area contributed by atoms with Crippen LogP contribution >= 0.6 is 34.4 Å². The highest BCUT2D eigenvalue weighted by Crippen LogP contribution is 2.18. The van der Waals surface area contributed by atoms with Gasteiger partial charge in [0.1, 0.15) is 0 Å². The monoisotopic (exact) mass is 407 g/mol. The van der Waals surface area contributed by atoms with Gasteiger partial charge >= 0.3 is 5.97 Å². The van der Waals surface area contributed by atoms with Crippen molar-refractivity contribution in [2.24, 2.45) is 5.92 Å². The quantitative estimate of drug-likeness (QED) is 0.582. The number of halogens is 1. The van der Waals surface area contributed by atoms with Gasteiger partial charge in [-0.25, -0.2) is 0 Å². The Hall–Kier alpha value is -0.760. The molecule has 0 heterocycles. The number of ether oxygens (including phenoxy) is 1. The summed E-state index contributed by atoms with van der Waals surface area (Å²) in [5.74, 6) is 0.402. The number of carbonyl (C=O) groups excluding carboxylic acids is 2. The van der Waals surface area contributed by atoms with E-state index in [0.29, 0.717) is 11.5 Å². The molecule has 1 atom stereocenters. The molecule has 6 heteroatoms. The van der Waals surface area contributed by atoms with E-state index in [1.54, 1.807) is 6.92 Å². The molecule has 0 aliphatic carbocycles. The first-order chi connectivity index (χ1) is 9.43. The highest BCUT2D eigenvalue weighted by Gasteiger charge is 2.14. The van der Waals surface area contributed by atoms with Crippen LogP contribution in [-0.4, -0.2) is 30.5 Å². The zero-order valence-electron chi connectivity index (χ0n) is 11.7. The molecule has 1 unspecified atom stereocenters. The Morgan fingerprint density at radius 3 is 2.75 bits per heavy atom. The van der Waals surface area contributed by atoms with E-state index in [2.05, 4.69) is 32.6 Å². The predicted molar refractivity (Wildman–Crippen MR) is 91.0 cm³/mol. The normalized spacial score (nSPS) is 11.8. The molecule has 1 amide bonds. The number of thioether (sulfide) groups is 1. The maximum atomic E-state index is 11.8. The number of anilines is 1. The molecule has 0 aromatic heterocycles. The van der Waals surface area contributed by atoms with Gasteiger partial charge in [-0.15, -0.1) is 0 Å². The third-order valence-corrected chi connectivity index (χ3v) is 4.54. The molecule has 0 aliphatic rings. The molecule has 0 aliphatic heterocycles. The Labute approximate surface area is 137 Å². The van der Waals surface area contributed by atoms with Gasteiger partial charge in [-0.3, -0.25) is 9.59 Å². The van der Waals surface area contributed by atoms with Gasteiger partial charge in [-0.05, 0) is 53.3 Å². The van der Waals surface area contributed by atoms with E-state index in [-0.39, 0.29) is 17.8 Å². The van der Waals surface area contributed by atoms with Crippen molar-refractivity contribution in [3.63, 3.8) is 0 Å². The van der Waals surface area contributed by atoms with Gasteiger partial charge in [-0.1, -0.05) is 6.92 Å². The summed E-state index contributed by atoms with van der Waals surface area (Å²) in [6.45, 7) is 3.75. The van der Waals surface area contributed by atoms with Gasteiger partial charge in [0.2, 0.25) is 5.91 Å². The smallest absolute Gasteiger partial charge is 0.309 e. The fraction of sp³-hybridized carbons (Fsp3) is 0.429. The lowest BCUT2D eigenvalue weighted by Gasteiger charge is -2.10. The largest absolute Gasteiger partial charge is 0.469 e. The van der Waals surface area contributed by atoms with Gasteiger partial charge in [-0.2, -0.15) is 11.8 Å². The van der Waals surface area contributed by atoms with E-state index >= 15 is 0 Å². The van der Waals surface area contributed by atoms with Crippen LogP contribution in [0.15, 0.2) is 18.2 Å². The first-order valence-electron chi connectivity index (χ1n) is 6.15. The molecule has 1 rings (SSSR count). The molecular formula is C14H18INO3S. The van der Waals surface area contributed by atoms with Crippen molar-refractivity contribution < 1.29 is 14.3 Å². The third-order valence-electron chi connectivity index (χ3n) is 2.67. The molecule has 0 saturated heterocycles. The van der Waals surface area contributed by atoms with E-state index in [9.17, 15) is 9.59 Å². The lowest BCUT2D eigenvalue weighted by molar-refractivity contribution is -0.144. The van der Waals surface area contributed by atoms with Crippen LogP contribution < -0.4 is 5.32 Å². The fourth-order valence-corrected chi connectivity index (χ4v) is 3.06. The van der Waals surface area contributed by atoms with Gasteiger partial charge in [0.15, 0.2) is 0 Å². The molecule has 4 nitrogen and oxygen atoms in total. The number of amides is 1. The summed E-state index contributed by atoms with van der Waals surface area (Å²) in [7, 11) is 1.37. The van der Waals surface area contributed by atoms with Crippen molar-refractivity contribution in [2.45, 2.75) is 13.8 Å². The van der Waals surface area contributed by atoms with Gasteiger partial charge < -0.3 is 10.1 Å². The lowest BCUT2D eigenvalue weighted by Crippen LogP contribution is -2.18. The van der Waals surface area contributed by atoms with Crippen LogP contribution in [0.2, 0.25) is 0 Å². The summed E-state index contributed by atoms with van der Waals surface area (Å²) in [5, 5.41) is 2.88. The second kappa shape index (κ2) is 8.51. The topological polar surface area (TPSA) is 55.4 Å². The van der Waals surface area contributed by atoms with Gasteiger partial charge in [0.25, 0.3) is 0 Å². The summed E-state index contributed by atoms with van der Waals surface area (Å²) >= 11 is 3.66. The van der Waals surface area contributed by atoms with Crippen molar-refractivity contribution in [3.05, 3.63) is 27.3 Å². The fourth-order valence-electron chi connectivity index (χ4n) is 1.55. The van der Waals surface area contributed by atoms with Crippen molar-refractivity contribution >= 4 is 51.9 Å². The van der Waals surface area contributed by atoms with Crippen molar-refractivity contribution in [1.82, 2.24) is 0 Å². The van der Waals surface area contributed by atoms with Crippen molar-refractivity contribution in [3.8, 4) is 0 Å². The number of carbonyl (C=O) groups is 2. The Kier molecular flexibility index (Phi) is 7.36. The maximum absolute atomic E-state index is 11.8. The third kappa shape index (κ3) is 5.70. The molecular weight excluding hydrogens is 389 g/mol. The van der Waals surface area contributed by atoms with Crippen molar-refractivity contribution in [2.75, 3.05) is 23.9 Å². The minimum atomic E-state index is -0.244. The van der Waals surface area contributed by atoms with Crippen LogP contribution in [-0.2, 0) is 14.3 Å². The molecule has 20 heavy (non-hydrogen) atoms. The van der Waals surface area contributed by atoms with Crippen LogP contribution in [0.1, 0.15) is 12.5 Å². The lowest BCUT2D eigenvalue weighted by atomic mass is 10.2. The van der Waals surface area contributed by atoms with Crippen LogP contribution in [0.4, 0.5) is 5.69 Å². The zero-order valence-corrected chi connectivity index (χ0v) is 14.7. The number of nitrogens with one attached hydrogen (secondary N) is 1. The minimum Gasteiger partial charge on any atom is -0.469 e.